The summed E-state index contributed by atoms with van der Waals surface area (Å²) in [6, 6.07) is 8.09. The molecule has 1 aliphatic rings. The first-order valence-corrected chi connectivity index (χ1v) is 11.4. The van der Waals surface area contributed by atoms with Gasteiger partial charge in [-0.2, -0.15) is 10.1 Å². The Bertz CT molecular complexity index is 1200. The van der Waals surface area contributed by atoms with Gasteiger partial charge in [0.05, 0.1) is 17.6 Å². The number of piperidine rings is 1. The Kier molecular flexibility index (Phi) is 7.68. The van der Waals surface area contributed by atoms with Crippen LogP contribution in [0.25, 0.3) is 0 Å². The second kappa shape index (κ2) is 11.3. The molecule has 1 saturated heterocycles. The predicted molar refractivity (Wildman–Crippen MR) is 133 cm³/mol. The largest absolute Gasteiger partial charge is 0.464 e. The lowest BCUT2D eigenvalue weighted by Gasteiger charge is -2.24. The molecule has 11 heteroatoms. The van der Waals surface area contributed by atoms with Crippen molar-refractivity contribution in [2.75, 3.05) is 35.2 Å². The van der Waals surface area contributed by atoms with Crippen LogP contribution in [0.1, 0.15) is 19.3 Å². The van der Waals surface area contributed by atoms with Crippen LogP contribution in [0.2, 0.25) is 0 Å². The van der Waals surface area contributed by atoms with Crippen molar-refractivity contribution < 1.29 is 14.7 Å². The van der Waals surface area contributed by atoms with Crippen molar-refractivity contribution >= 4 is 40.8 Å². The first-order valence-electron chi connectivity index (χ1n) is 11.4. The van der Waals surface area contributed by atoms with Crippen LogP contribution in [0.15, 0.2) is 61.1 Å². The fraction of sp³-hybridized carbons (Fsp3) is 0.292. The summed E-state index contributed by atoms with van der Waals surface area (Å²) in [6.45, 7) is 2.85. The molecule has 0 unspecified atom stereocenters. The van der Waals surface area contributed by atoms with Crippen molar-refractivity contribution in [2.24, 2.45) is 7.05 Å². The van der Waals surface area contributed by atoms with E-state index in [0.717, 1.165) is 24.5 Å². The highest BCUT2D eigenvalue weighted by Crippen LogP contribution is 2.27. The zero-order valence-electron chi connectivity index (χ0n) is 19.5. The van der Waals surface area contributed by atoms with Crippen molar-refractivity contribution in [3.8, 4) is 0 Å². The van der Waals surface area contributed by atoms with Crippen molar-refractivity contribution in [3.05, 3.63) is 61.1 Å². The SMILES string of the molecule is Cn1cc(Nc2nccc(N(C(=O)O)c3cccc(NC(=O)/C=C/CN4CCCCC4)c3)n2)cn1. The maximum atomic E-state index is 12.4. The molecule has 11 nitrogen and oxygen atoms in total. The standard InChI is InChI=1S/C24H28N8O3/c1-30-17-19(16-26-30)28-23-25-11-10-21(29-23)32(24(34)35)20-8-5-7-18(15-20)27-22(33)9-6-14-31-12-3-2-4-13-31/h5-11,15-17H,2-4,12-14H2,1H3,(H,27,33)(H,34,35)(H,25,28,29)/b9-6+. The Balaban J connectivity index is 1.45. The van der Waals surface area contributed by atoms with Crippen LogP contribution in [0.5, 0.6) is 0 Å². The molecule has 2 amide bonds. The maximum Gasteiger partial charge on any atom is 0.417 e. The van der Waals surface area contributed by atoms with Crippen molar-refractivity contribution in [1.82, 2.24) is 24.6 Å². The van der Waals surface area contributed by atoms with Crippen LogP contribution in [-0.4, -0.2) is 61.4 Å². The Hall–Kier alpha value is -4.25. The monoisotopic (exact) mass is 476 g/mol. The third-order valence-corrected chi connectivity index (χ3v) is 5.48. The van der Waals surface area contributed by atoms with E-state index in [9.17, 15) is 14.7 Å². The number of nitrogens with zero attached hydrogens (tertiary/aromatic N) is 6. The van der Waals surface area contributed by atoms with Gasteiger partial charge in [0.15, 0.2) is 0 Å². The average molecular weight is 477 g/mol. The van der Waals surface area contributed by atoms with E-state index in [-0.39, 0.29) is 17.7 Å². The molecular formula is C24H28N8O3. The molecule has 182 valence electrons. The van der Waals surface area contributed by atoms with Crippen LogP contribution in [0, 0.1) is 0 Å². The number of aromatic nitrogens is 4. The third kappa shape index (κ3) is 6.64. The molecule has 0 atom stereocenters. The minimum atomic E-state index is -1.22. The van der Waals surface area contributed by atoms with Gasteiger partial charge in [-0.05, 0) is 44.1 Å². The second-order valence-corrected chi connectivity index (χ2v) is 8.19. The smallest absolute Gasteiger partial charge is 0.417 e. The molecule has 1 aliphatic heterocycles. The number of aryl methyl sites for hydroxylation is 1. The molecule has 1 fully saturated rings. The molecule has 1 aromatic carbocycles. The number of amides is 2. The molecule has 0 aliphatic carbocycles. The van der Waals surface area contributed by atoms with Gasteiger partial charge in [0.1, 0.15) is 5.82 Å². The van der Waals surface area contributed by atoms with E-state index in [2.05, 4.69) is 30.6 Å². The Labute approximate surface area is 203 Å². The molecule has 3 heterocycles. The number of hydrogen-bond donors (Lipinski definition) is 3. The molecular weight excluding hydrogens is 448 g/mol. The van der Waals surface area contributed by atoms with Gasteiger partial charge in [-0.15, -0.1) is 0 Å². The summed E-state index contributed by atoms with van der Waals surface area (Å²) in [5, 5.41) is 19.8. The topological polar surface area (TPSA) is 129 Å². The minimum absolute atomic E-state index is 0.156. The molecule has 0 spiro atoms. The summed E-state index contributed by atoms with van der Waals surface area (Å²) in [6.07, 6.45) is 10.6. The molecule has 4 rings (SSSR count). The van der Waals surface area contributed by atoms with Gasteiger partial charge in [-0.3, -0.25) is 14.4 Å². The first-order chi connectivity index (χ1) is 17.0. The fourth-order valence-corrected chi connectivity index (χ4v) is 3.85. The lowest BCUT2D eigenvalue weighted by molar-refractivity contribution is -0.111. The van der Waals surface area contributed by atoms with E-state index in [1.807, 2.05) is 6.08 Å². The predicted octanol–water partition coefficient (Wildman–Crippen LogP) is 3.75. The van der Waals surface area contributed by atoms with Gasteiger partial charge in [0, 0.05) is 43.8 Å². The Morgan fingerprint density at radius 2 is 2.00 bits per heavy atom. The van der Waals surface area contributed by atoms with E-state index in [4.69, 9.17) is 0 Å². The summed E-state index contributed by atoms with van der Waals surface area (Å²) in [4.78, 5) is 36.3. The number of hydrogen-bond acceptors (Lipinski definition) is 7. The van der Waals surface area contributed by atoms with Gasteiger partial charge in [0.25, 0.3) is 0 Å². The summed E-state index contributed by atoms with van der Waals surface area (Å²) >= 11 is 0. The number of carbonyl (C=O) groups is 2. The van der Waals surface area contributed by atoms with Crippen LogP contribution < -0.4 is 15.5 Å². The Morgan fingerprint density at radius 1 is 1.17 bits per heavy atom. The van der Waals surface area contributed by atoms with Gasteiger partial charge >= 0.3 is 6.09 Å². The van der Waals surface area contributed by atoms with Gasteiger partial charge in [-0.25, -0.2) is 14.7 Å². The van der Waals surface area contributed by atoms with Crippen molar-refractivity contribution in [2.45, 2.75) is 19.3 Å². The molecule has 0 radical (unpaired) electrons. The van der Waals surface area contributed by atoms with Crippen LogP contribution >= 0.6 is 0 Å². The quantitative estimate of drug-likeness (QED) is 0.419. The zero-order chi connectivity index (χ0) is 24.6. The number of benzene rings is 1. The molecule has 0 saturated carbocycles. The minimum Gasteiger partial charge on any atom is -0.464 e. The highest BCUT2D eigenvalue weighted by molar-refractivity contribution is 6.00. The number of carboxylic acid groups (broad SMARTS) is 1. The van der Waals surface area contributed by atoms with E-state index < -0.39 is 6.09 Å². The summed E-state index contributed by atoms with van der Waals surface area (Å²) in [5.74, 6) is 0.111. The highest BCUT2D eigenvalue weighted by atomic mass is 16.4. The Morgan fingerprint density at radius 3 is 2.74 bits per heavy atom. The third-order valence-electron chi connectivity index (χ3n) is 5.48. The molecule has 2 aromatic heterocycles. The molecule has 3 N–H and O–H groups in total. The number of rotatable bonds is 8. The number of anilines is 5. The van der Waals surface area contributed by atoms with Gasteiger partial charge in [0.2, 0.25) is 11.9 Å². The van der Waals surface area contributed by atoms with Crippen LogP contribution in [0.3, 0.4) is 0 Å². The number of likely N-dealkylation sites (tertiary alicyclic amines) is 1. The maximum absolute atomic E-state index is 12.4. The van der Waals surface area contributed by atoms with Gasteiger partial charge < -0.3 is 15.7 Å². The molecule has 3 aromatic rings. The first kappa shape index (κ1) is 23.9. The molecule has 0 bridgehead atoms. The van der Waals surface area contributed by atoms with Gasteiger partial charge in [-0.1, -0.05) is 18.6 Å². The normalized spacial score (nSPS) is 14.1. The van der Waals surface area contributed by atoms with Crippen LogP contribution in [-0.2, 0) is 11.8 Å². The number of carbonyl (C=O) groups excluding carboxylic acids is 1. The van der Waals surface area contributed by atoms with E-state index in [1.165, 1.54) is 37.6 Å². The van der Waals surface area contributed by atoms with Crippen molar-refractivity contribution in [3.63, 3.8) is 0 Å². The van der Waals surface area contributed by atoms with E-state index >= 15 is 0 Å². The lowest BCUT2D eigenvalue weighted by Crippen LogP contribution is -2.29. The fourth-order valence-electron chi connectivity index (χ4n) is 3.85. The zero-order valence-corrected chi connectivity index (χ0v) is 19.5. The highest BCUT2D eigenvalue weighted by Gasteiger charge is 2.20. The second-order valence-electron chi connectivity index (χ2n) is 8.19. The van der Waals surface area contributed by atoms with E-state index in [0.29, 0.717) is 17.1 Å². The molecule has 35 heavy (non-hydrogen) atoms. The van der Waals surface area contributed by atoms with Crippen molar-refractivity contribution in [1.29, 1.82) is 0 Å². The summed E-state index contributed by atoms with van der Waals surface area (Å²) in [7, 11) is 1.78. The van der Waals surface area contributed by atoms with Crippen LogP contribution in [0.4, 0.5) is 33.6 Å². The summed E-state index contributed by atoms with van der Waals surface area (Å²) < 4.78 is 1.62. The average Bonchev–Trinajstić information content (AvgIpc) is 3.24. The summed E-state index contributed by atoms with van der Waals surface area (Å²) in [5.41, 5.74) is 1.48. The van der Waals surface area contributed by atoms with E-state index in [1.54, 1.807) is 48.4 Å². The lowest BCUT2D eigenvalue weighted by atomic mass is 10.1. The number of nitrogens with one attached hydrogen (secondary N) is 2.